The number of halogens is 1. The number of nitrogens with one attached hydrogen (secondary N) is 1. The summed E-state index contributed by atoms with van der Waals surface area (Å²) in [5.74, 6) is -1.03. The van der Waals surface area contributed by atoms with Crippen molar-refractivity contribution in [1.29, 1.82) is 0 Å². The van der Waals surface area contributed by atoms with Crippen molar-refractivity contribution < 1.29 is 14.3 Å². The zero-order chi connectivity index (χ0) is 19.7. The van der Waals surface area contributed by atoms with Crippen LogP contribution in [0.15, 0.2) is 60.0 Å². The molecule has 3 aromatic rings. The van der Waals surface area contributed by atoms with E-state index in [0.717, 1.165) is 21.8 Å². The van der Waals surface area contributed by atoms with E-state index in [1.54, 1.807) is 12.1 Å². The fourth-order valence-electron chi connectivity index (χ4n) is 3.84. The summed E-state index contributed by atoms with van der Waals surface area (Å²) in [7, 11) is 0. The van der Waals surface area contributed by atoms with Crippen molar-refractivity contribution in [3.05, 3.63) is 77.1 Å². The molecule has 2 N–H and O–H groups in total. The summed E-state index contributed by atoms with van der Waals surface area (Å²) < 4.78 is 13.1. The van der Waals surface area contributed by atoms with Gasteiger partial charge in [0.05, 0.1) is 11.1 Å². The van der Waals surface area contributed by atoms with Crippen LogP contribution in [0, 0.1) is 5.82 Å². The van der Waals surface area contributed by atoms with Crippen molar-refractivity contribution in [3.8, 4) is 10.6 Å². The fraction of sp³-hybridized carbons (Fsp3) is 0.273. The van der Waals surface area contributed by atoms with Crippen LogP contribution >= 0.6 is 11.3 Å². The number of thiazole rings is 1. The molecule has 0 spiro atoms. The van der Waals surface area contributed by atoms with E-state index in [9.17, 15) is 14.3 Å². The maximum atomic E-state index is 13.1. The number of carboxylic acid groups (broad SMARTS) is 1. The molecule has 1 unspecified atom stereocenters. The average Bonchev–Trinajstić information content (AvgIpc) is 3.15. The highest BCUT2D eigenvalue weighted by molar-refractivity contribution is 7.13. The Kier molecular flexibility index (Phi) is 5.00. The lowest BCUT2D eigenvalue weighted by Gasteiger charge is -2.46. The molecule has 1 heterocycles. The van der Waals surface area contributed by atoms with Crippen LogP contribution in [0.1, 0.15) is 37.1 Å². The molecule has 2 aromatic carbocycles. The standard InChI is InChI=1S/C22H21FN2O2S/c1-14(19-13-28-20(25-19)15-7-9-17(23)10-8-15)24-18-11-22(12-18,21(26)27)16-5-3-2-4-6-16/h2-10,13-14,18,24H,11-12H2,1H3,(H,26,27). The second kappa shape index (κ2) is 7.45. The van der Waals surface area contributed by atoms with Crippen LogP contribution < -0.4 is 5.32 Å². The van der Waals surface area contributed by atoms with Crippen molar-refractivity contribution in [1.82, 2.24) is 10.3 Å². The van der Waals surface area contributed by atoms with E-state index < -0.39 is 11.4 Å². The van der Waals surface area contributed by atoms with Crippen LogP contribution in [0.2, 0.25) is 0 Å². The second-order valence-corrected chi connectivity index (χ2v) is 8.19. The average molecular weight is 396 g/mol. The minimum Gasteiger partial charge on any atom is -0.481 e. The smallest absolute Gasteiger partial charge is 0.314 e. The molecule has 1 fully saturated rings. The van der Waals surface area contributed by atoms with Gasteiger partial charge in [-0.25, -0.2) is 9.37 Å². The van der Waals surface area contributed by atoms with Gasteiger partial charge in [0.25, 0.3) is 0 Å². The number of hydrogen-bond donors (Lipinski definition) is 2. The molecule has 0 saturated heterocycles. The lowest BCUT2D eigenvalue weighted by Crippen LogP contribution is -2.56. The normalized spacial score (nSPS) is 22.4. The third kappa shape index (κ3) is 3.45. The van der Waals surface area contributed by atoms with E-state index in [4.69, 9.17) is 0 Å². The lowest BCUT2D eigenvalue weighted by molar-refractivity contribution is -0.148. The van der Waals surface area contributed by atoms with Crippen molar-refractivity contribution in [2.24, 2.45) is 0 Å². The van der Waals surface area contributed by atoms with E-state index >= 15 is 0 Å². The van der Waals surface area contributed by atoms with Gasteiger partial charge >= 0.3 is 5.97 Å². The van der Waals surface area contributed by atoms with E-state index in [1.165, 1.54) is 23.5 Å². The molecule has 0 aliphatic heterocycles. The predicted octanol–water partition coefficient (Wildman–Crippen LogP) is 4.78. The van der Waals surface area contributed by atoms with Crippen LogP contribution in [0.25, 0.3) is 10.6 Å². The summed E-state index contributed by atoms with van der Waals surface area (Å²) in [6.45, 7) is 2.03. The Morgan fingerprint density at radius 1 is 1.21 bits per heavy atom. The molecular formula is C22H21FN2O2S. The highest BCUT2D eigenvalue weighted by Gasteiger charge is 2.51. The van der Waals surface area contributed by atoms with E-state index in [1.807, 2.05) is 42.6 Å². The summed E-state index contributed by atoms with van der Waals surface area (Å²) in [6, 6.07) is 15.9. The van der Waals surface area contributed by atoms with Crippen LogP contribution in [0.3, 0.4) is 0 Å². The minimum absolute atomic E-state index is 0.0121. The van der Waals surface area contributed by atoms with Crippen LogP contribution in [-0.2, 0) is 10.2 Å². The van der Waals surface area contributed by atoms with Crippen LogP contribution in [0.5, 0.6) is 0 Å². The molecule has 1 atom stereocenters. The van der Waals surface area contributed by atoms with Gasteiger partial charge < -0.3 is 10.4 Å². The number of carboxylic acids is 1. The molecule has 1 saturated carbocycles. The molecule has 1 aliphatic rings. The topological polar surface area (TPSA) is 62.2 Å². The van der Waals surface area contributed by atoms with Gasteiger partial charge in [-0.05, 0) is 49.6 Å². The van der Waals surface area contributed by atoms with E-state index in [2.05, 4.69) is 10.3 Å². The summed E-state index contributed by atoms with van der Waals surface area (Å²) in [5.41, 5.74) is 1.86. The number of hydrogen-bond acceptors (Lipinski definition) is 4. The number of nitrogens with zero attached hydrogens (tertiary/aromatic N) is 1. The maximum Gasteiger partial charge on any atom is 0.314 e. The third-order valence-electron chi connectivity index (χ3n) is 5.47. The molecule has 0 amide bonds. The number of aromatic nitrogens is 1. The number of benzene rings is 2. The van der Waals surface area contributed by atoms with Gasteiger partial charge in [-0.3, -0.25) is 4.79 Å². The highest BCUT2D eigenvalue weighted by atomic mass is 32.1. The summed E-state index contributed by atoms with van der Waals surface area (Å²) in [4.78, 5) is 16.6. The number of aliphatic carboxylic acids is 1. The van der Waals surface area contributed by atoms with Crippen LogP contribution in [0.4, 0.5) is 4.39 Å². The summed E-state index contributed by atoms with van der Waals surface area (Å²) in [6.07, 6.45) is 1.12. The Balaban J connectivity index is 1.42. The maximum absolute atomic E-state index is 13.1. The molecule has 6 heteroatoms. The van der Waals surface area contributed by atoms with Crippen molar-refractivity contribution >= 4 is 17.3 Å². The SMILES string of the molecule is CC(NC1CC(C(=O)O)(c2ccccc2)C1)c1csc(-c2ccc(F)cc2)n1. The van der Waals surface area contributed by atoms with Gasteiger partial charge in [-0.15, -0.1) is 11.3 Å². The van der Waals surface area contributed by atoms with Gasteiger partial charge in [-0.1, -0.05) is 30.3 Å². The lowest BCUT2D eigenvalue weighted by atomic mass is 9.61. The Hall–Kier alpha value is -2.57. The first-order valence-corrected chi connectivity index (χ1v) is 10.1. The molecule has 144 valence electrons. The monoisotopic (exact) mass is 396 g/mol. The van der Waals surface area contributed by atoms with E-state index in [0.29, 0.717) is 12.8 Å². The first-order chi connectivity index (χ1) is 13.5. The summed E-state index contributed by atoms with van der Waals surface area (Å²) in [5, 5.41) is 16.1. The van der Waals surface area contributed by atoms with Gasteiger partial charge in [0.2, 0.25) is 0 Å². The van der Waals surface area contributed by atoms with Gasteiger partial charge in [0.1, 0.15) is 10.8 Å². The van der Waals surface area contributed by atoms with Gasteiger partial charge in [-0.2, -0.15) is 0 Å². The van der Waals surface area contributed by atoms with Crippen molar-refractivity contribution in [2.45, 2.75) is 37.3 Å². The minimum atomic E-state index is -0.806. The molecular weight excluding hydrogens is 375 g/mol. The van der Waals surface area contributed by atoms with Crippen molar-refractivity contribution in [2.75, 3.05) is 0 Å². The van der Waals surface area contributed by atoms with Gasteiger partial charge in [0, 0.05) is 23.0 Å². The quantitative estimate of drug-likeness (QED) is 0.629. The molecule has 1 aliphatic carbocycles. The predicted molar refractivity (Wildman–Crippen MR) is 108 cm³/mol. The third-order valence-corrected chi connectivity index (χ3v) is 6.38. The molecule has 1 aromatic heterocycles. The second-order valence-electron chi connectivity index (χ2n) is 7.33. The van der Waals surface area contributed by atoms with E-state index in [-0.39, 0.29) is 17.9 Å². The molecule has 4 nitrogen and oxygen atoms in total. The van der Waals surface area contributed by atoms with Crippen LogP contribution in [-0.4, -0.2) is 22.1 Å². The number of carbonyl (C=O) groups is 1. The number of rotatable bonds is 6. The Labute approximate surface area is 167 Å². The molecule has 4 rings (SSSR count). The van der Waals surface area contributed by atoms with Crippen molar-refractivity contribution in [3.63, 3.8) is 0 Å². The summed E-state index contributed by atoms with van der Waals surface area (Å²) >= 11 is 1.52. The molecule has 0 radical (unpaired) electrons. The Morgan fingerprint density at radius 2 is 1.89 bits per heavy atom. The zero-order valence-electron chi connectivity index (χ0n) is 15.4. The Bertz CT molecular complexity index is 966. The molecule has 0 bridgehead atoms. The highest BCUT2D eigenvalue weighted by Crippen LogP contribution is 2.45. The molecule has 28 heavy (non-hydrogen) atoms. The Morgan fingerprint density at radius 3 is 2.54 bits per heavy atom. The fourth-order valence-corrected chi connectivity index (χ4v) is 4.76. The largest absolute Gasteiger partial charge is 0.481 e. The van der Waals surface area contributed by atoms with Gasteiger partial charge in [0.15, 0.2) is 0 Å². The first kappa shape index (κ1) is 18.8. The zero-order valence-corrected chi connectivity index (χ0v) is 16.2. The first-order valence-electron chi connectivity index (χ1n) is 9.24.